The highest BCUT2D eigenvalue weighted by molar-refractivity contribution is 7.80. The predicted octanol–water partition coefficient (Wildman–Crippen LogP) is 6.68. The van der Waals surface area contributed by atoms with Crippen molar-refractivity contribution in [2.45, 2.75) is 6.61 Å². The van der Waals surface area contributed by atoms with E-state index in [2.05, 4.69) is 10.6 Å². The van der Waals surface area contributed by atoms with Crippen LogP contribution < -0.4 is 20.1 Å². The van der Waals surface area contributed by atoms with Gasteiger partial charge in [-0.25, -0.2) is 4.98 Å². The first-order valence-corrected chi connectivity index (χ1v) is 12.7. The van der Waals surface area contributed by atoms with Gasteiger partial charge in [-0.3, -0.25) is 10.1 Å². The van der Waals surface area contributed by atoms with E-state index in [-0.39, 0.29) is 11.0 Å². The number of fused-ring (bicyclic) bond motifs is 1. The second-order valence-corrected chi connectivity index (χ2v) is 9.55. The monoisotopic (exact) mass is 525 g/mol. The number of methoxy groups -OCH3 is 1. The second kappa shape index (κ2) is 11.2. The number of anilines is 1. The van der Waals surface area contributed by atoms with Crippen molar-refractivity contribution in [2.75, 3.05) is 12.4 Å². The zero-order valence-electron chi connectivity index (χ0n) is 19.9. The van der Waals surface area contributed by atoms with Gasteiger partial charge in [0, 0.05) is 11.1 Å². The minimum atomic E-state index is -0.344. The maximum Gasteiger partial charge on any atom is 0.257 e. The lowest BCUT2D eigenvalue weighted by molar-refractivity contribution is 0.0977. The van der Waals surface area contributed by atoms with Crippen LogP contribution in [0.3, 0.4) is 0 Å². The molecule has 2 N–H and O–H groups in total. The Bertz CT molecular complexity index is 1530. The fourth-order valence-electron chi connectivity index (χ4n) is 3.73. The average Bonchev–Trinajstić information content (AvgIpc) is 3.37. The summed E-state index contributed by atoms with van der Waals surface area (Å²) in [6, 6.07) is 30.5. The van der Waals surface area contributed by atoms with Crippen LogP contribution in [0.5, 0.6) is 11.5 Å². The van der Waals surface area contributed by atoms with E-state index >= 15 is 0 Å². The molecule has 0 atom stereocenters. The summed E-state index contributed by atoms with van der Waals surface area (Å²) in [5.41, 5.74) is 3.98. The SMILES string of the molecule is COc1ccc(-c2nc3ccccc3s2)cc1NC(=S)NC(=O)c1cccc(OCc2ccccc2)c1. The highest BCUT2D eigenvalue weighted by Gasteiger charge is 2.14. The molecule has 0 bridgehead atoms. The smallest absolute Gasteiger partial charge is 0.257 e. The first kappa shape index (κ1) is 24.4. The number of para-hydroxylation sites is 1. The molecule has 0 saturated carbocycles. The Balaban J connectivity index is 1.27. The first-order chi connectivity index (χ1) is 18.1. The highest BCUT2D eigenvalue weighted by Crippen LogP contribution is 2.34. The Labute approximate surface area is 223 Å². The molecule has 0 aliphatic carbocycles. The lowest BCUT2D eigenvalue weighted by Gasteiger charge is -2.14. The Morgan fingerprint density at radius 2 is 1.76 bits per heavy atom. The number of hydrogen-bond acceptors (Lipinski definition) is 6. The largest absolute Gasteiger partial charge is 0.495 e. The van der Waals surface area contributed by atoms with Gasteiger partial charge in [-0.15, -0.1) is 11.3 Å². The van der Waals surface area contributed by atoms with Crippen LogP contribution in [0.4, 0.5) is 5.69 Å². The minimum absolute atomic E-state index is 0.153. The number of amides is 1. The summed E-state index contributed by atoms with van der Waals surface area (Å²) in [6.45, 7) is 0.413. The maximum absolute atomic E-state index is 12.9. The zero-order chi connectivity index (χ0) is 25.6. The van der Waals surface area contributed by atoms with Crippen LogP contribution in [-0.4, -0.2) is 23.1 Å². The standard InChI is InChI=1S/C29H23N3O3S2/c1-34-25-15-14-21(28-30-23-12-5-6-13-26(23)37-28)17-24(25)31-29(36)32-27(33)20-10-7-11-22(16-20)35-18-19-8-3-2-4-9-19/h2-17H,18H2,1H3,(H2,31,32,33,36). The number of hydrogen-bond donors (Lipinski definition) is 2. The van der Waals surface area contributed by atoms with Gasteiger partial charge in [0.05, 0.1) is 23.0 Å². The number of rotatable bonds is 7. The maximum atomic E-state index is 12.9. The van der Waals surface area contributed by atoms with Crippen LogP contribution in [0.15, 0.2) is 97.1 Å². The van der Waals surface area contributed by atoms with Gasteiger partial charge in [-0.2, -0.15) is 0 Å². The molecule has 4 aromatic carbocycles. The number of carbonyl (C=O) groups excluding carboxylic acids is 1. The molecule has 1 aromatic heterocycles. The van der Waals surface area contributed by atoms with Crippen LogP contribution in [0.2, 0.25) is 0 Å². The van der Waals surface area contributed by atoms with Crippen LogP contribution in [0.1, 0.15) is 15.9 Å². The van der Waals surface area contributed by atoms with Crippen molar-refractivity contribution >= 4 is 50.5 Å². The van der Waals surface area contributed by atoms with Crippen LogP contribution in [0, 0.1) is 0 Å². The summed E-state index contributed by atoms with van der Waals surface area (Å²) >= 11 is 7.05. The van der Waals surface area contributed by atoms with Crippen molar-refractivity contribution in [3.05, 3.63) is 108 Å². The van der Waals surface area contributed by atoms with Gasteiger partial charge in [0.1, 0.15) is 23.1 Å². The average molecular weight is 526 g/mol. The van der Waals surface area contributed by atoms with Crippen molar-refractivity contribution < 1.29 is 14.3 Å². The highest BCUT2D eigenvalue weighted by atomic mass is 32.1. The normalized spacial score (nSPS) is 10.6. The Hall–Kier alpha value is -4.27. The fraction of sp³-hybridized carbons (Fsp3) is 0.0690. The quantitative estimate of drug-likeness (QED) is 0.231. The number of aromatic nitrogens is 1. The third-order valence-electron chi connectivity index (χ3n) is 5.56. The Morgan fingerprint density at radius 3 is 2.57 bits per heavy atom. The summed E-state index contributed by atoms with van der Waals surface area (Å²) < 4.78 is 12.4. The summed E-state index contributed by atoms with van der Waals surface area (Å²) in [4.78, 5) is 17.6. The number of nitrogens with zero attached hydrogens (tertiary/aromatic N) is 1. The second-order valence-electron chi connectivity index (χ2n) is 8.11. The third kappa shape index (κ3) is 5.94. The zero-order valence-corrected chi connectivity index (χ0v) is 21.6. The van der Waals surface area contributed by atoms with Crippen LogP contribution in [0.25, 0.3) is 20.8 Å². The van der Waals surface area contributed by atoms with Crippen molar-refractivity contribution in [2.24, 2.45) is 0 Å². The van der Waals surface area contributed by atoms with E-state index in [1.807, 2.05) is 78.9 Å². The molecule has 8 heteroatoms. The van der Waals surface area contributed by atoms with Gasteiger partial charge in [-0.1, -0.05) is 48.5 Å². The van der Waals surface area contributed by atoms with E-state index in [1.54, 1.807) is 36.6 Å². The third-order valence-corrected chi connectivity index (χ3v) is 6.85. The van der Waals surface area contributed by atoms with E-state index in [1.165, 1.54) is 0 Å². The van der Waals surface area contributed by atoms with Gasteiger partial charge >= 0.3 is 0 Å². The van der Waals surface area contributed by atoms with E-state index in [0.717, 1.165) is 26.4 Å². The molecule has 0 fully saturated rings. The molecule has 37 heavy (non-hydrogen) atoms. The van der Waals surface area contributed by atoms with Crippen LogP contribution in [-0.2, 0) is 6.61 Å². The molecule has 0 unspecified atom stereocenters. The molecule has 6 nitrogen and oxygen atoms in total. The Kier molecular flexibility index (Phi) is 7.39. The molecule has 0 saturated heterocycles. The van der Waals surface area contributed by atoms with Crippen molar-refractivity contribution in [1.29, 1.82) is 0 Å². The van der Waals surface area contributed by atoms with E-state index in [0.29, 0.717) is 29.4 Å². The summed E-state index contributed by atoms with van der Waals surface area (Å²) in [5, 5.41) is 6.86. The van der Waals surface area contributed by atoms with Gasteiger partial charge in [0.2, 0.25) is 0 Å². The molecule has 0 spiro atoms. The first-order valence-electron chi connectivity index (χ1n) is 11.5. The van der Waals surface area contributed by atoms with E-state index < -0.39 is 0 Å². The molecule has 0 radical (unpaired) electrons. The van der Waals surface area contributed by atoms with E-state index in [9.17, 15) is 4.79 Å². The summed E-state index contributed by atoms with van der Waals surface area (Å²) in [7, 11) is 1.58. The van der Waals surface area contributed by atoms with Crippen LogP contribution >= 0.6 is 23.6 Å². The molecule has 1 heterocycles. The molecule has 0 aliphatic rings. The van der Waals surface area contributed by atoms with Gasteiger partial charge in [0.25, 0.3) is 5.91 Å². The van der Waals surface area contributed by atoms with Crippen molar-refractivity contribution in [3.8, 4) is 22.1 Å². The summed E-state index contributed by atoms with van der Waals surface area (Å²) in [5.74, 6) is 0.849. The van der Waals surface area contributed by atoms with E-state index in [4.69, 9.17) is 26.7 Å². The topological polar surface area (TPSA) is 72.5 Å². The molecule has 5 rings (SSSR count). The number of thiazole rings is 1. The van der Waals surface area contributed by atoms with Gasteiger partial charge < -0.3 is 14.8 Å². The number of benzene rings is 4. The number of thiocarbonyl (C=S) groups is 1. The lowest BCUT2D eigenvalue weighted by Crippen LogP contribution is -2.34. The molecule has 1 amide bonds. The predicted molar refractivity (Wildman–Crippen MR) is 153 cm³/mol. The van der Waals surface area contributed by atoms with Crippen molar-refractivity contribution in [1.82, 2.24) is 10.3 Å². The van der Waals surface area contributed by atoms with Gasteiger partial charge in [0.15, 0.2) is 5.11 Å². The minimum Gasteiger partial charge on any atom is -0.495 e. The molecular formula is C29H23N3O3S2. The molecule has 184 valence electrons. The molecule has 5 aromatic rings. The summed E-state index contributed by atoms with van der Waals surface area (Å²) in [6.07, 6.45) is 0. The van der Waals surface area contributed by atoms with Gasteiger partial charge in [-0.05, 0) is 66.3 Å². The molecular weight excluding hydrogens is 502 g/mol. The number of nitrogens with one attached hydrogen (secondary N) is 2. The molecule has 0 aliphatic heterocycles. The van der Waals surface area contributed by atoms with Crippen molar-refractivity contribution in [3.63, 3.8) is 0 Å². The lowest BCUT2D eigenvalue weighted by atomic mass is 10.2. The number of ether oxygens (including phenoxy) is 2. The number of carbonyl (C=O) groups is 1. The Morgan fingerprint density at radius 1 is 0.946 bits per heavy atom. The fourth-order valence-corrected chi connectivity index (χ4v) is 4.90.